The van der Waals surface area contributed by atoms with Crippen LogP contribution in [-0.2, 0) is 9.59 Å². The Bertz CT molecular complexity index is 1100. The summed E-state index contributed by atoms with van der Waals surface area (Å²) < 4.78 is 0. The maximum absolute atomic E-state index is 13.3. The molecule has 0 heterocycles. The third-order valence-electron chi connectivity index (χ3n) is 7.04. The third-order valence-corrected chi connectivity index (χ3v) is 7.04. The second-order valence-electron chi connectivity index (χ2n) is 8.40. The molecule has 2 unspecified atom stereocenters. The van der Waals surface area contributed by atoms with Gasteiger partial charge in [0.05, 0.1) is 11.7 Å². The number of Topliss-reactive ketones (excluding diaryl/α,β-unsaturated/α-hetero) is 2. The number of amides is 1. The van der Waals surface area contributed by atoms with E-state index in [9.17, 15) is 39.9 Å². The zero-order valence-corrected chi connectivity index (χ0v) is 16.9. The number of aromatic hydroxyl groups is 1. The second-order valence-corrected chi connectivity index (χ2v) is 8.40. The van der Waals surface area contributed by atoms with Crippen molar-refractivity contribution in [3.05, 3.63) is 52.0 Å². The number of hydrogen-bond acceptors (Lipinski definition) is 8. The number of phenolic OH excluding ortho intramolecular Hbond substituents is 1. The van der Waals surface area contributed by atoms with Crippen LogP contribution in [0.15, 0.2) is 40.9 Å². The van der Waals surface area contributed by atoms with E-state index in [0.29, 0.717) is 5.56 Å². The first-order valence-corrected chi connectivity index (χ1v) is 9.98. The van der Waals surface area contributed by atoms with Gasteiger partial charge >= 0.3 is 0 Å². The molecule has 1 aromatic rings. The molecule has 6 atom stereocenters. The van der Waals surface area contributed by atoms with Crippen LogP contribution < -0.4 is 5.73 Å². The molecule has 1 amide bonds. The van der Waals surface area contributed by atoms with Crippen LogP contribution in [-0.4, -0.2) is 54.7 Å². The molecule has 31 heavy (non-hydrogen) atoms. The quantitative estimate of drug-likeness (QED) is 0.373. The molecule has 9 nitrogen and oxygen atoms in total. The van der Waals surface area contributed by atoms with Gasteiger partial charge in [0.15, 0.2) is 11.4 Å². The van der Waals surface area contributed by atoms with Crippen molar-refractivity contribution in [2.75, 3.05) is 0 Å². The standard InChI is InChI=1S/C22H23NO8/c1-3-8-15-18(27)11-7(2)9-5-4-6-10(24)12(9)17(26)13(11)19(28)22(15,31)20(29)14(16(8)25)21(23)30/h4-8,11,15,18,24-25,27-28,31H,3H2,1-2H3,(H2,23,30)/t7-,8-,11?,15?,18-,22-/m0/s1. The predicted octanol–water partition coefficient (Wildman–Crippen LogP) is 0.748. The van der Waals surface area contributed by atoms with Crippen molar-refractivity contribution >= 4 is 17.5 Å². The molecular formula is C22H23NO8. The van der Waals surface area contributed by atoms with E-state index in [-0.39, 0.29) is 17.7 Å². The van der Waals surface area contributed by atoms with Gasteiger partial charge in [-0.3, -0.25) is 14.4 Å². The van der Waals surface area contributed by atoms with Gasteiger partial charge in [-0.15, -0.1) is 0 Å². The Labute approximate surface area is 177 Å². The SMILES string of the molecule is CC[C@@H]1C(O)=C(C(N)=O)C(=O)[C@@]2(O)C(O)=C3C(=O)c4c(O)cccc4[C@H](C)C3[C@H](O)C12. The van der Waals surface area contributed by atoms with E-state index in [2.05, 4.69) is 0 Å². The minimum Gasteiger partial charge on any atom is -0.511 e. The number of carbonyl (C=O) groups excluding carboxylic acids is 3. The number of benzene rings is 1. The zero-order chi connectivity index (χ0) is 23.0. The molecule has 1 aromatic carbocycles. The van der Waals surface area contributed by atoms with Crippen LogP contribution in [0.4, 0.5) is 0 Å². The number of nitrogens with two attached hydrogens (primary N) is 1. The molecule has 7 N–H and O–H groups in total. The first kappa shape index (κ1) is 21.1. The van der Waals surface area contributed by atoms with Gasteiger partial charge in [-0.2, -0.15) is 0 Å². The Morgan fingerprint density at radius 3 is 2.42 bits per heavy atom. The molecule has 0 bridgehead atoms. The normalized spacial score (nSPS) is 34.9. The van der Waals surface area contributed by atoms with E-state index < -0.39 is 75.5 Å². The fourth-order valence-corrected chi connectivity index (χ4v) is 5.62. The number of carbonyl (C=O) groups is 3. The average molecular weight is 429 g/mol. The van der Waals surface area contributed by atoms with Gasteiger partial charge in [0, 0.05) is 23.3 Å². The van der Waals surface area contributed by atoms with E-state index in [4.69, 9.17) is 5.73 Å². The summed E-state index contributed by atoms with van der Waals surface area (Å²) in [5.74, 6) is -9.58. The van der Waals surface area contributed by atoms with Gasteiger partial charge in [0.25, 0.3) is 5.91 Å². The van der Waals surface area contributed by atoms with Gasteiger partial charge in [-0.1, -0.05) is 26.0 Å². The minimum atomic E-state index is -2.83. The molecule has 0 spiro atoms. The Kier molecular flexibility index (Phi) is 4.53. The van der Waals surface area contributed by atoms with Gasteiger partial charge in [-0.05, 0) is 24.0 Å². The lowest BCUT2D eigenvalue weighted by Crippen LogP contribution is -2.65. The molecule has 164 valence electrons. The van der Waals surface area contributed by atoms with E-state index in [1.54, 1.807) is 26.0 Å². The number of hydrogen-bond donors (Lipinski definition) is 6. The van der Waals surface area contributed by atoms with Crippen molar-refractivity contribution in [1.29, 1.82) is 0 Å². The number of phenols is 1. The molecule has 0 fully saturated rings. The van der Waals surface area contributed by atoms with Crippen LogP contribution in [0, 0.1) is 17.8 Å². The number of aliphatic hydroxyl groups is 4. The smallest absolute Gasteiger partial charge is 0.255 e. The van der Waals surface area contributed by atoms with Crippen LogP contribution in [0.2, 0.25) is 0 Å². The summed E-state index contributed by atoms with van der Waals surface area (Å²) in [4.78, 5) is 38.2. The first-order valence-electron chi connectivity index (χ1n) is 9.98. The number of primary amides is 1. The summed E-state index contributed by atoms with van der Waals surface area (Å²) in [6, 6.07) is 4.46. The van der Waals surface area contributed by atoms with Crippen LogP contribution >= 0.6 is 0 Å². The molecule has 0 saturated carbocycles. The Morgan fingerprint density at radius 1 is 1.19 bits per heavy atom. The average Bonchev–Trinajstić information content (AvgIpc) is 2.70. The Morgan fingerprint density at radius 2 is 1.84 bits per heavy atom. The highest BCUT2D eigenvalue weighted by molar-refractivity contribution is 6.24. The fraction of sp³-hybridized carbons (Fsp3) is 0.409. The lowest BCUT2D eigenvalue weighted by molar-refractivity contribution is -0.161. The van der Waals surface area contributed by atoms with Crippen molar-refractivity contribution in [3.63, 3.8) is 0 Å². The first-order chi connectivity index (χ1) is 14.5. The highest BCUT2D eigenvalue weighted by atomic mass is 16.4. The van der Waals surface area contributed by atoms with Gasteiger partial charge in [0.1, 0.15) is 22.8 Å². The summed E-state index contributed by atoms with van der Waals surface area (Å²) in [7, 11) is 0. The molecule has 9 heteroatoms. The topological polar surface area (TPSA) is 178 Å². The van der Waals surface area contributed by atoms with E-state index in [0.717, 1.165) is 0 Å². The number of fused-ring (bicyclic) bond motifs is 3. The largest absolute Gasteiger partial charge is 0.511 e. The highest BCUT2D eigenvalue weighted by Gasteiger charge is 2.66. The Balaban J connectivity index is 2.05. The van der Waals surface area contributed by atoms with Crippen LogP contribution in [0.3, 0.4) is 0 Å². The summed E-state index contributed by atoms with van der Waals surface area (Å²) in [5.41, 5.74) is 1.49. The summed E-state index contributed by atoms with van der Waals surface area (Å²) in [6.45, 7) is 3.30. The van der Waals surface area contributed by atoms with Crippen LogP contribution in [0.25, 0.3) is 0 Å². The maximum atomic E-state index is 13.3. The molecule has 0 aliphatic heterocycles. The minimum absolute atomic E-state index is 0.0918. The van der Waals surface area contributed by atoms with Crippen LogP contribution in [0.5, 0.6) is 5.75 Å². The van der Waals surface area contributed by atoms with E-state index >= 15 is 0 Å². The van der Waals surface area contributed by atoms with Gasteiger partial charge < -0.3 is 31.3 Å². The maximum Gasteiger partial charge on any atom is 0.255 e. The predicted molar refractivity (Wildman–Crippen MR) is 106 cm³/mol. The molecule has 0 saturated heterocycles. The van der Waals surface area contributed by atoms with Crippen molar-refractivity contribution < 1.29 is 39.9 Å². The summed E-state index contributed by atoms with van der Waals surface area (Å²) in [5, 5.41) is 54.6. The van der Waals surface area contributed by atoms with Crippen molar-refractivity contribution in [2.45, 2.75) is 37.9 Å². The van der Waals surface area contributed by atoms with Crippen molar-refractivity contribution in [1.82, 2.24) is 0 Å². The molecule has 4 rings (SSSR count). The third kappa shape index (κ3) is 2.41. The number of allylic oxidation sites excluding steroid dienone is 1. The number of ketones is 2. The lowest BCUT2D eigenvalue weighted by atomic mass is 9.54. The molecule has 3 aliphatic rings. The van der Waals surface area contributed by atoms with Crippen molar-refractivity contribution in [2.24, 2.45) is 23.5 Å². The number of rotatable bonds is 2. The van der Waals surface area contributed by atoms with Crippen molar-refractivity contribution in [3.8, 4) is 5.75 Å². The van der Waals surface area contributed by atoms with E-state index in [1.807, 2.05) is 0 Å². The second kappa shape index (κ2) is 6.66. The fourth-order valence-electron chi connectivity index (χ4n) is 5.62. The van der Waals surface area contributed by atoms with Gasteiger partial charge in [0.2, 0.25) is 5.78 Å². The molecule has 0 aromatic heterocycles. The number of aliphatic hydroxyl groups excluding tert-OH is 3. The molecular weight excluding hydrogens is 406 g/mol. The van der Waals surface area contributed by atoms with E-state index in [1.165, 1.54) is 6.07 Å². The summed E-state index contributed by atoms with van der Waals surface area (Å²) in [6.07, 6.45) is -1.43. The molecule has 0 radical (unpaired) electrons. The monoisotopic (exact) mass is 429 g/mol. The lowest BCUT2D eigenvalue weighted by Gasteiger charge is -2.52. The molecule has 3 aliphatic carbocycles. The summed E-state index contributed by atoms with van der Waals surface area (Å²) >= 11 is 0. The Hall–Kier alpha value is -3.17. The van der Waals surface area contributed by atoms with Crippen LogP contribution in [0.1, 0.15) is 42.1 Å². The highest BCUT2D eigenvalue weighted by Crippen LogP contribution is 2.56. The zero-order valence-electron chi connectivity index (χ0n) is 16.9. The van der Waals surface area contributed by atoms with Gasteiger partial charge in [-0.25, -0.2) is 0 Å².